The Balaban J connectivity index is 2.27. The summed E-state index contributed by atoms with van der Waals surface area (Å²) < 4.78 is 0.358. The van der Waals surface area contributed by atoms with Crippen LogP contribution in [0.5, 0.6) is 0 Å². The number of hydrogen-bond donors (Lipinski definition) is 1. The average Bonchev–Trinajstić information content (AvgIpc) is 2.74. The molecule has 0 fully saturated rings. The number of nitrogens with zero attached hydrogens (tertiary/aromatic N) is 4. The first-order chi connectivity index (χ1) is 8.97. The van der Waals surface area contributed by atoms with Crippen molar-refractivity contribution < 1.29 is 9.72 Å². The molecule has 0 radical (unpaired) electrons. The normalized spacial score (nSPS) is 10.2. The molecule has 2 heterocycles. The first-order valence-electron chi connectivity index (χ1n) is 4.89. The minimum Gasteiger partial charge on any atom is -0.358 e. The highest BCUT2D eigenvalue weighted by Crippen LogP contribution is 2.22. The van der Waals surface area contributed by atoms with Crippen LogP contribution in [-0.2, 0) is 0 Å². The molecule has 98 valence electrons. The van der Waals surface area contributed by atoms with E-state index in [1.165, 1.54) is 17.5 Å². The number of nitro groups is 1. The molecule has 0 unspecified atom stereocenters. The van der Waals surface area contributed by atoms with Crippen LogP contribution in [0.2, 0.25) is 0 Å². The molecule has 0 saturated carbocycles. The van der Waals surface area contributed by atoms with Crippen LogP contribution in [0.1, 0.15) is 15.4 Å². The lowest BCUT2D eigenvalue weighted by molar-refractivity contribution is -0.389. The zero-order chi connectivity index (χ0) is 14.0. The molecule has 10 heteroatoms. The number of hydrogen-bond acceptors (Lipinski definition) is 7. The van der Waals surface area contributed by atoms with E-state index in [0.29, 0.717) is 14.6 Å². The number of aryl methyl sites for hydroxylation is 1. The summed E-state index contributed by atoms with van der Waals surface area (Å²) in [4.78, 5) is 25.5. The van der Waals surface area contributed by atoms with Gasteiger partial charge in [-0.15, -0.1) is 10.2 Å². The first-order valence-corrected chi connectivity index (χ1v) is 6.49. The van der Waals surface area contributed by atoms with Crippen LogP contribution in [-0.4, -0.2) is 26.0 Å². The molecular formula is C9H6BrN5O3S. The van der Waals surface area contributed by atoms with Crippen molar-refractivity contribution in [3.63, 3.8) is 0 Å². The van der Waals surface area contributed by atoms with Gasteiger partial charge in [-0.25, -0.2) is 0 Å². The maximum Gasteiger partial charge on any atom is 0.364 e. The second-order valence-electron chi connectivity index (χ2n) is 3.36. The lowest BCUT2D eigenvalue weighted by Crippen LogP contribution is -2.13. The van der Waals surface area contributed by atoms with Gasteiger partial charge in [0.25, 0.3) is 5.91 Å². The zero-order valence-electron chi connectivity index (χ0n) is 9.45. The molecule has 2 rings (SSSR count). The van der Waals surface area contributed by atoms with Crippen LogP contribution in [0.25, 0.3) is 0 Å². The maximum atomic E-state index is 12.0. The predicted octanol–water partition coefficient (Wildman–Crippen LogP) is 2.16. The van der Waals surface area contributed by atoms with Gasteiger partial charge in [0.15, 0.2) is 6.20 Å². The number of halogens is 1. The van der Waals surface area contributed by atoms with Gasteiger partial charge in [0, 0.05) is 6.07 Å². The van der Waals surface area contributed by atoms with E-state index in [-0.39, 0.29) is 5.56 Å². The smallest absolute Gasteiger partial charge is 0.358 e. The molecule has 2 aromatic heterocycles. The number of carbonyl (C=O) groups is 1. The Labute approximate surface area is 119 Å². The molecule has 0 saturated heterocycles. The van der Waals surface area contributed by atoms with E-state index in [4.69, 9.17) is 0 Å². The van der Waals surface area contributed by atoms with E-state index in [0.717, 1.165) is 6.07 Å². The molecule has 2 aromatic rings. The van der Waals surface area contributed by atoms with Gasteiger partial charge >= 0.3 is 5.82 Å². The second kappa shape index (κ2) is 5.36. The van der Waals surface area contributed by atoms with E-state index in [1.807, 2.05) is 0 Å². The van der Waals surface area contributed by atoms with Gasteiger partial charge in [0.05, 0.1) is 10.0 Å². The van der Waals surface area contributed by atoms with Gasteiger partial charge < -0.3 is 10.1 Å². The van der Waals surface area contributed by atoms with Crippen LogP contribution in [0, 0.1) is 17.0 Å². The van der Waals surface area contributed by atoms with Gasteiger partial charge in [-0.2, -0.15) is 0 Å². The third-order valence-corrected chi connectivity index (χ3v) is 3.41. The summed E-state index contributed by atoms with van der Waals surface area (Å²) in [6, 6.07) is 1.09. The van der Waals surface area contributed by atoms with Crippen molar-refractivity contribution in [2.75, 3.05) is 5.32 Å². The Bertz CT molecular complexity index is 659. The van der Waals surface area contributed by atoms with Crippen LogP contribution in [0.15, 0.2) is 16.7 Å². The maximum absolute atomic E-state index is 12.0. The van der Waals surface area contributed by atoms with Crippen LogP contribution < -0.4 is 5.32 Å². The number of rotatable bonds is 3. The molecule has 1 amide bonds. The average molecular weight is 344 g/mol. The highest BCUT2D eigenvalue weighted by Gasteiger charge is 2.18. The van der Waals surface area contributed by atoms with E-state index in [9.17, 15) is 14.9 Å². The quantitative estimate of drug-likeness (QED) is 0.675. The van der Waals surface area contributed by atoms with Crippen molar-refractivity contribution in [3.8, 4) is 0 Å². The van der Waals surface area contributed by atoms with Crippen molar-refractivity contribution in [2.45, 2.75) is 6.92 Å². The van der Waals surface area contributed by atoms with Crippen molar-refractivity contribution >= 4 is 44.1 Å². The number of pyridine rings is 1. The van der Waals surface area contributed by atoms with Crippen LogP contribution in [0.3, 0.4) is 0 Å². The summed E-state index contributed by atoms with van der Waals surface area (Å²) in [5.74, 6) is -0.921. The van der Waals surface area contributed by atoms with E-state index >= 15 is 0 Å². The van der Waals surface area contributed by atoms with Crippen LogP contribution >= 0.6 is 27.3 Å². The fourth-order valence-corrected chi connectivity index (χ4v) is 2.20. The molecule has 0 aliphatic rings. The highest BCUT2D eigenvalue weighted by atomic mass is 79.9. The summed E-state index contributed by atoms with van der Waals surface area (Å²) in [7, 11) is 0. The Morgan fingerprint density at radius 3 is 2.84 bits per heavy atom. The van der Waals surface area contributed by atoms with Crippen molar-refractivity contribution in [3.05, 3.63) is 37.4 Å². The van der Waals surface area contributed by atoms with Gasteiger partial charge in [-0.3, -0.25) is 10.1 Å². The van der Waals surface area contributed by atoms with Gasteiger partial charge in [-0.05, 0) is 32.8 Å². The fourth-order valence-electron chi connectivity index (χ4n) is 1.21. The molecular weight excluding hydrogens is 338 g/mol. The minimum atomic E-state index is -0.668. The third-order valence-electron chi connectivity index (χ3n) is 2.02. The molecule has 0 aliphatic carbocycles. The van der Waals surface area contributed by atoms with Crippen molar-refractivity contribution in [1.82, 2.24) is 15.2 Å². The number of aromatic nitrogens is 3. The highest BCUT2D eigenvalue weighted by molar-refractivity contribution is 9.10. The largest absolute Gasteiger partial charge is 0.364 e. The summed E-state index contributed by atoms with van der Waals surface area (Å²) in [6.07, 6.45) is 1.21. The van der Waals surface area contributed by atoms with Crippen molar-refractivity contribution in [1.29, 1.82) is 0 Å². The summed E-state index contributed by atoms with van der Waals surface area (Å²) in [5, 5.41) is 21.7. The monoisotopic (exact) mass is 343 g/mol. The van der Waals surface area contributed by atoms with E-state index in [1.54, 1.807) is 6.92 Å². The SMILES string of the molecule is Cc1nnc(NC(=O)c2cc([N+](=O)[O-])ncc2Br)s1. The molecule has 0 aromatic carbocycles. The Morgan fingerprint density at radius 2 is 2.26 bits per heavy atom. The lowest BCUT2D eigenvalue weighted by Gasteiger charge is -2.02. The van der Waals surface area contributed by atoms with E-state index < -0.39 is 16.6 Å². The Kier molecular flexibility index (Phi) is 3.81. The minimum absolute atomic E-state index is 0.106. The molecule has 0 aliphatic heterocycles. The van der Waals surface area contributed by atoms with E-state index in [2.05, 4.69) is 36.4 Å². The zero-order valence-corrected chi connectivity index (χ0v) is 11.9. The van der Waals surface area contributed by atoms with Crippen LogP contribution in [0.4, 0.5) is 10.9 Å². The number of anilines is 1. The standard InChI is InChI=1S/C9H6BrN5O3S/c1-4-13-14-9(19-4)12-8(16)5-2-7(15(17)18)11-3-6(5)10/h2-3H,1H3,(H,12,14,16). The molecule has 1 N–H and O–H groups in total. The second-order valence-corrected chi connectivity index (χ2v) is 5.40. The van der Waals surface area contributed by atoms with Gasteiger partial charge in [-0.1, -0.05) is 11.3 Å². The lowest BCUT2D eigenvalue weighted by atomic mass is 10.2. The van der Waals surface area contributed by atoms with Gasteiger partial charge in [0.2, 0.25) is 5.13 Å². The topological polar surface area (TPSA) is 111 Å². The number of amides is 1. The molecule has 0 atom stereocenters. The number of nitrogens with one attached hydrogen (secondary N) is 1. The molecule has 8 nitrogen and oxygen atoms in total. The first kappa shape index (κ1) is 13.5. The predicted molar refractivity (Wildman–Crippen MR) is 71.2 cm³/mol. The molecule has 0 spiro atoms. The molecule has 0 bridgehead atoms. The molecule has 19 heavy (non-hydrogen) atoms. The Hall–Kier alpha value is -1.94. The summed E-state index contributed by atoms with van der Waals surface area (Å²) >= 11 is 4.33. The van der Waals surface area contributed by atoms with Gasteiger partial charge in [0.1, 0.15) is 5.01 Å². The van der Waals surface area contributed by atoms with Crippen molar-refractivity contribution in [2.24, 2.45) is 0 Å². The Morgan fingerprint density at radius 1 is 1.53 bits per heavy atom. The number of carbonyl (C=O) groups excluding carboxylic acids is 1. The third kappa shape index (κ3) is 3.09. The summed E-state index contributed by atoms with van der Waals surface area (Å²) in [5.41, 5.74) is 0.106. The summed E-state index contributed by atoms with van der Waals surface area (Å²) in [6.45, 7) is 1.75. The fraction of sp³-hybridized carbons (Fsp3) is 0.111.